The molecule has 0 aromatic heterocycles. The SMILES string of the molecule is CCCNC(C)(CC(C)N(CC)CC1CCC1)C(=O)O. The summed E-state index contributed by atoms with van der Waals surface area (Å²) in [4.78, 5) is 14.0. The van der Waals surface area contributed by atoms with Crippen LogP contribution in [0.3, 0.4) is 0 Å². The summed E-state index contributed by atoms with van der Waals surface area (Å²) in [6, 6.07) is 0.297. The van der Waals surface area contributed by atoms with Crippen LogP contribution in [0.1, 0.15) is 59.8 Å². The summed E-state index contributed by atoms with van der Waals surface area (Å²) in [7, 11) is 0. The lowest BCUT2D eigenvalue weighted by Crippen LogP contribution is -2.54. The molecule has 4 nitrogen and oxygen atoms in total. The summed E-state index contributed by atoms with van der Waals surface area (Å²) >= 11 is 0. The summed E-state index contributed by atoms with van der Waals surface area (Å²) in [5.41, 5.74) is -0.817. The lowest BCUT2D eigenvalue weighted by Gasteiger charge is -2.38. The van der Waals surface area contributed by atoms with Crippen LogP contribution in [0.5, 0.6) is 0 Å². The van der Waals surface area contributed by atoms with Gasteiger partial charge in [-0.15, -0.1) is 0 Å². The van der Waals surface area contributed by atoms with E-state index in [1.807, 2.05) is 6.92 Å². The normalized spacial score (nSPS) is 20.4. The summed E-state index contributed by atoms with van der Waals surface area (Å²) in [5, 5.41) is 12.7. The second-order valence-corrected chi connectivity index (χ2v) is 6.50. The standard InChI is InChI=1S/C16H32N2O2/c1-5-10-17-16(4,15(19)20)11-13(3)18(6-2)12-14-8-7-9-14/h13-14,17H,5-12H2,1-4H3,(H,19,20). The number of carboxylic acids is 1. The van der Waals surface area contributed by atoms with Gasteiger partial charge in [0.1, 0.15) is 5.54 Å². The Hall–Kier alpha value is -0.610. The van der Waals surface area contributed by atoms with Crippen LogP contribution in [0.15, 0.2) is 0 Å². The minimum Gasteiger partial charge on any atom is -0.480 e. The third-order valence-electron chi connectivity index (χ3n) is 4.69. The minimum atomic E-state index is -0.817. The van der Waals surface area contributed by atoms with Gasteiger partial charge in [-0.25, -0.2) is 0 Å². The molecule has 118 valence electrons. The van der Waals surface area contributed by atoms with E-state index in [-0.39, 0.29) is 0 Å². The Morgan fingerprint density at radius 1 is 1.45 bits per heavy atom. The highest BCUT2D eigenvalue weighted by atomic mass is 16.4. The van der Waals surface area contributed by atoms with E-state index in [0.29, 0.717) is 12.5 Å². The molecule has 1 aliphatic carbocycles. The van der Waals surface area contributed by atoms with Gasteiger partial charge in [-0.1, -0.05) is 20.3 Å². The van der Waals surface area contributed by atoms with Crippen molar-refractivity contribution in [3.63, 3.8) is 0 Å². The first-order chi connectivity index (χ1) is 9.42. The van der Waals surface area contributed by atoms with Crippen LogP contribution < -0.4 is 5.32 Å². The average Bonchev–Trinajstić information content (AvgIpc) is 2.34. The lowest BCUT2D eigenvalue weighted by molar-refractivity contribution is -0.145. The van der Waals surface area contributed by atoms with E-state index >= 15 is 0 Å². The van der Waals surface area contributed by atoms with Crippen molar-refractivity contribution in [2.45, 2.75) is 71.4 Å². The first-order valence-corrected chi connectivity index (χ1v) is 8.15. The summed E-state index contributed by atoms with van der Waals surface area (Å²) in [6.07, 6.45) is 5.65. The zero-order valence-corrected chi connectivity index (χ0v) is 13.6. The number of nitrogens with one attached hydrogen (secondary N) is 1. The summed E-state index contributed by atoms with van der Waals surface area (Å²) in [5.74, 6) is 0.0922. The number of carbonyl (C=O) groups is 1. The van der Waals surface area contributed by atoms with Gasteiger partial charge in [-0.3, -0.25) is 4.79 Å². The van der Waals surface area contributed by atoms with Crippen molar-refractivity contribution in [3.05, 3.63) is 0 Å². The average molecular weight is 284 g/mol. The van der Waals surface area contributed by atoms with Crippen molar-refractivity contribution in [2.24, 2.45) is 5.92 Å². The van der Waals surface area contributed by atoms with Crippen molar-refractivity contribution < 1.29 is 9.90 Å². The van der Waals surface area contributed by atoms with Gasteiger partial charge in [0.25, 0.3) is 0 Å². The maximum absolute atomic E-state index is 11.6. The number of aliphatic carboxylic acids is 1. The van der Waals surface area contributed by atoms with E-state index < -0.39 is 11.5 Å². The molecule has 0 amide bonds. The van der Waals surface area contributed by atoms with Gasteiger partial charge >= 0.3 is 5.97 Å². The molecule has 1 rings (SSSR count). The van der Waals surface area contributed by atoms with Gasteiger partial charge in [0, 0.05) is 12.6 Å². The van der Waals surface area contributed by atoms with Gasteiger partial charge in [0.15, 0.2) is 0 Å². The molecule has 1 fully saturated rings. The largest absolute Gasteiger partial charge is 0.480 e. The van der Waals surface area contributed by atoms with E-state index in [9.17, 15) is 9.90 Å². The summed E-state index contributed by atoms with van der Waals surface area (Å²) < 4.78 is 0. The molecule has 0 bridgehead atoms. The number of hydrogen-bond acceptors (Lipinski definition) is 3. The fourth-order valence-corrected chi connectivity index (χ4v) is 2.98. The molecule has 0 saturated heterocycles. The van der Waals surface area contributed by atoms with E-state index in [1.54, 1.807) is 0 Å². The second kappa shape index (κ2) is 7.99. The van der Waals surface area contributed by atoms with Crippen LogP contribution in [0.4, 0.5) is 0 Å². The number of hydrogen-bond donors (Lipinski definition) is 2. The molecular formula is C16H32N2O2. The third-order valence-corrected chi connectivity index (χ3v) is 4.69. The molecule has 2 atom stereocenters. The highest BCUT2D eigenvalue weighted by Crippen LogP contribution is 2.28. The molecule has 0 aliphatic heterocycles. The van der Waals surface area contributed by atoms with Gasteiger partial charge in [0.05, 0.1) is 0 Å². The monoisotopic (exact) mass is 284 g/mol. The van der Waals surface area contributed by atoms with Crippen LogP contribution in [-0.4, -0.2) is 47.2 Å². The topological polar surface area (TPSA) is 52.6 Å². The highest BCUT2D eigenvalue weighted by molar-refractivity contribution is 5.78. The predicted octanol–water partition coefficient (Wildman–Crippen LogP) is 2.73. The van der Waals surface area contributed by atoms with Crippen molar-refractivity contribution in [1.29, 1.82) is 0 Å². The molecule has 2 unspecified atom stereocenters. The quantitative estimate of drug-likeness (QED) is 0.647. The van der Waals surface area contributed by atoms with Gasteiger partial charge in [-0.2, -0.15) is 0 Å². The predicted molar refractivity (Wildman–Crippen MR) is 83.0 cm³/mol. The van der Waals surface area contributed by atoms with Crippen molar-refractivity contribution in [2.75, 3.05) is 19.6 Å². The molecule has 2 N–H and O–H groups in total. The minimum absolute atomic E-state index is 0.297. The van der Waals surface area contributed by atoms with Crippen LogP contribution in [0.25, 0.3) is 0 Å². The number of nitrogens with zero attached hydrogens (tertiary/aromatic N) is 1. The van der Waals surface area contributed by atoms with Crippen LogP contribution in [0, 0.1) is 5.92 Å². The molecule has 0 aromatic carbocycles. The van der Waals surface area contributed by atoms with E-state index in [0.717, 1.165) is 32.0 Å². The first-order valence-electron chi connectivity index (χ1n) is 8.15. The third kappa shape index (κ3) is 4.74. The van der Waals surface area contributed by atoms with Crippen molar-refractivity contribution >= 4 is 5.97 Å². The Morgan fingerprint density at radius 3 is 2.50 bits per heavy atom. The molecule has 0 heterocycles. The van der Waals surface area contributed by atoms with Crippen molar-refractivity contribution in [1.82, 2.24) is 10.2 Å². The zero-order valence-electron chi connectivity index (χ0n) is 13.6. The molecule has 0 radical (unpaired) electrons. The molecule has 20 heavy (non-hydrogen) atoms. The molecule has 0 spiro atoms. The van der Waals surface area contributed by atoms with E-state index in [2.05, 4.69) is 31.0 Å². The van der Waals surface area contributed by atoms with E-state index in [1.165, 1.54) is 19.3 Å². The maximum atomic E-state index is 11.6. The molecular weight excluding hydrogens is 252 g/mol. The summed E-state index contributed by atoms with van der Waals surface area (Å²) in [6.45, 7) is 11.1. The van der Waals surface area contributed by atoms with Crippen LogP contribution in [0.2, 0.25) is 0 Å². The molecule has 4 heteroatoms. The fourth-order valence-electron chi connectivity index (χ4n) is 2.98. The molecule has 1 aliphatic rings. The molecule has 1 saturated carbocycles. The fraction of sp³-hybridized carbons (Fsp3) is 0.938. The van der Waals surface area contributed by atoms with Crippen molar-refractivity contribution in [3.8, 4) is 0 Å². The Balaban J connectivity index is 2.57. The Morgan fingerprint density at radius 2 is 2.10 bits per heavy atom. The van der Waals surface area contributed by atoms with Gasteiger partial charge < -0.3 is 15.3 Å². The highest BCUT2D eigenvalue weighted by Gasteiger charge is 2.35. The second-order valence-electron chi connectivity index (χ2n) is 6.50. The number of rotatable bonds is 10. The zero-order chi connectivity index (χ0) is 15.2. The van der Waals surface area contributed by atoms with E-state index in [4.69, 9.17) is 0 Å². The van der Waals surface area contributed by atoms with Gasteiger partial charge in [0.2, 0.25) is 0 Å². The Bertz CT molecular complexity index is 305. The maximum Gasteiger partial charge on any atom is 0.323 e. The Labute approximate surface area is 123 Å². The van der Waals surface area contributed by atoms with Gasteiger partial charge in [-0.05, 0) is 58.5 Å². The lowest BCUT2D eigenvalue weighted by atomic mass is 9.84. The van der Waals surface area contributed by atoms with Crippen LogP contribution in [-0.2, 0) is 4.79 Å². The smallest absolute Gasteiger partial charge is 0.323 e. The van der Waals surface area contributed by atoms with Crippen LogP contribution >= 0.6 is 0 Å². The molecule has 0 aromatic rings. The Kier molecular flexibility index (Phi) is 6.96. The first kappa shape index (κ1) is 17.4. The number of carboxylic acid groups (broad SMARTS) is 1.